The van der Waals surface area contributed by atoms with Crippen molar-refractivity contribution in [1.29, 1.82) is 0 Å². The quantitative estimate of drug-likeness (QED) is 0.269. The fraction of sp³-hybridized carbons (Fsp3) is 0. The van der Waals surface area contributed by atoms with Crippen LogP contribution in [0.25, 0.3) is 0 Å². The molecule has 144 valence electrons. The number of benzene rings is 4. The molecule has 1 heterocycles. The monoisotopic (exact) mass is 560 g/mol. The van der Waals surface area contributed by atoms with Crippen LogP contribution in [0.4, 0.5) is 0 Å². The summed E-state index contributed by atoms with van der Waals surface area (Å²) >= 11 is 9.32. The second-order valence-corrected chi connectivity index (χ2v) is 33.2. The third-order valence-electron chi connectivity index (χ3n) is 5.22. The maximum absolute atomic E-state index is 6.73. The molecule has 5 rings (SSSR count). The Balaban J connectivity index is 1.96. The molecule has 0 aromatic heterocycles. The molecule has 4 aromatic rings. The molecule has 0 saturated heterocycles. The van der Waals surface area contributed by atoms with Gasteiger partial charge < -0.3 is 0 Å². The summed E-state index contributed by atoms with van der Waals surface area (Å²) in [5.41, 5.74) is 0. The average Bonchev–Trinajstić information content (AvgIpc) is 3.19. The van der Waals surface area contributed by atoms with Gasteiger partial charge in [0.05, 0.1) is 0 Å². The van der Waals surface area contributed by atoms with Gasteiger partial charge in [0.25, 0.3) is 0 Å². The van der Waals surface area contributed by atoms with Gasteiger partial charge in [-0.15, -0.1) is 0 Å². The van der Waals surface area contributed by atoms with Gasteiger partial charge in [0.15, 0.2) is 0 Å². The summed E-state index contributed by atoms with van der Waals surface area (Å²) in [7, 11) is 3.96. The van der Waals surface area contributed by atoms with Crippen LogP contribution in [0.3, 0.4) is 0 Å². The van der Waals surface area contributed by atoms with Crippen molar-refractivity contribution in [2.45, 2.75) is 9.79 Å². The van der Waals surface area contributed by atoms with Gasteiger partial charge in [0, 0.05) is 0 Å². The van der Waals surface area contributed by atoms with Crippen LogP contribution in [-0.2, 0) is 0 Å². The van der Waals surface area contributed by atoms with Gasteiger partial charge in [0.1, 0.15) is 0 Å². The first-order valence-electron chi connectivity index (χ1n) is 9.21. The van der Waals surface area contributed by atoms with Crippen LogP contribution in [0, 0.1) is 0 Å². The average molecular weight is 562 g/mol. The van der Waals surface area contributed by atoms with Crippen LogP contribution < -0.4 is 10.5 Å². The van der Waals surface area contributed by atoms with Crippen LogP contribution in [0.5, 0.6) is 0 Å². The molecule has 0 spiro atoms. The number of hydrogen-bond donors (Lipinski definition) is 0. The molecule has 1 aliphatic heterocycles. The van der Waals surface area contributed by atoms with Crippen molar-refractivity contribution in [3.05, 3.63) is 113 Å². The van der Waals surface area contributed by atoms with Crippen LogP contribution >= 0.6 is 40.9 Å². The first kappa shape index (κ1) is 19.9. The SMILES string of the molecule is Clc1ccc(Cl)c2c1[S][Sb]([c]1ccccc1)([c]1ccccc1)([c]1ccccc1)[S]2. The van der Waals surface area contributed by atoms with Gasteiger partial charge in [-0.05, 0) is 0 Å². The van der Waals surface area contributed by atoms with E-state index in [1.54, 1.807) is 0 Å². The standard InChI is InChI=1S/C6H4Cl2S2.3C6H5.Sb/c7-3-1-2-4(8)6(10)5(3)9;3*1-2-4-6-5-3-1;/h1-2,9-10H;3*1-5H;/q;;;;+2/p-2. The van der Waals surface area contributed by atoms with Gasteiger partial charge in [-0.2, -0.15) is 0 Å². The van der Waals surface area contributed by atoms with Crippen molar-refractivity contribution in [3.63, 3.8) is 0 Å². The predicted octanol–water partition coefficient (Wildman–Crippen LogP) is 6.31. The van der Waals surface area contributed by atoms with Crippen molar-refractivity contribution in [2.75, 3.05) is 0 Å². The van der Waals surface area contributed by atoms with Crippen molar-refractivity contribution >= 4 is 66.0 Å². The molecule has 0 atom stereocenters. The molecule has 0 bridgehead atoms. The number of halogens is 2. The molecule has 0 N–H and O–H groups in total. The fourth-order valence-corrected chi connectivity index (χ4v) is 41.2. The fourth-order valence-electron chi connectivity index (χ4n) is 3.91. The molecule has 0 saturated carbocycles. The topological polar surface area (TPSA) is 0 Å². The Labute approximate surface area is 187 Å². The van der Waals surface area contributed by atoms with Crippen LogP contribution in [0.1, 0.15) is 0 Å². The molecule has 29 heavy (non-hydrogen) atoms. The van der Waals surface area contributed by atoms with Crippen molar-refractivity contribution in [1.82, 2.24) is 0 Å². The summed E-state index contributed by atoms with van der Waals surface area (Å²) in [5.74, 6) is 0. The first-order valence-corrected chi connectivity index (χ1v) is 21.6. The van der Waals surface area contributed by atoms with E-state index in [9.17, 15) is 0 Å². The Bertz CT molecular complexity index is 1050. The Kier molecular flexibility index (Phi) is 5.21. The second-order valence-electron chi connectivity index (χ2n) is 6.83. The summed E-state index contributed by atoms with van der Waals surface area (Å²) < 4.78 is 4.16. The third-order valence-corrected chi connectivity index (χ3v) is 39.3. The molecule has 0 radical (unpaired) electrons. The molecule has 1 aliphatic rings. The van der Waals surface area contributed by atoms with Gasteiger partial charge >= 0.3 is 189 Å². The predicted molar refractivity (Wildman–Crippen MR) is 132 cm³/mol. The van der Waals surface area contributed by atoms with E-state index in [2.05, 4.69) is 91.0 Å². The normalized spacial score (nSPS) is 17.8. The Morgan fingerprint density at radius 2 is 0.759 bits per heavy atom. The zero-order chi connectivity index (χ0) is 19.9. The third kappa shape index (κ3) is 2.92. The molecule has 0 unspecified atom stereocenters. The molecule has 0 amide bonds. The van der Waals surface area contributed by atoms with E-state index in [-0.39, 0.29) is 0 Å². The van der Waals surface area contributed by atoms with Crippen molar-refractivity contribution in [3.8, 4) is 0 Å². The number of rotatable bonds is 3. The molecule has 4 aromatic carbocycles. The van der Waals surface area contributed by atoms with Gasteiger partial charge in [0.2, 0.25) is 0 Å². The summed E-state index contributed by atoms with van der Waals surface area (Å²) in [6.07, 6.45) is 0. The minimum atomic E-state index is -4.15. The summed E-state index contributed by atoms with van der Waals surface area (Å²) in [6.45, 7) is 0. The maximum atomic E-state index is 6.73. The van der Waals surface area contributed by atoms with E-state index >= 15 is 0 Å². The van der Waals surface area contributed by atoms with E-state index < -0.39 is 14.6 Å². The number of fused-ring (bicyclic) bond motifs is 1. The molecule has 0 fully saturated rings. The van der Waals surface area contributed by atoms with Gasteiger partial charge in [-0.3, -0.25) is 0 Å². The van der Waals surface area contributed by atoms with E-state index in [0.29, 0.717) is 0 Å². The molecular formula is C24H17Cl2S2Sb. The first-order chi connectivity index (χ1) is 14.1. The van der Waals surface area contributed by atoms with E-state index in [0.717, 1.165) is 19.8 Å². The van der Waals surface area contributed by atoms with Crippen molar-refractivity contribution in [2.24, 2.45) is 0 Å². The minimum absolute atomic E-state index is 0.778. The molecule has 0 nitrogen and oxygen atoms in total. The van der Waals surface area contributed by atoms with E-state index in [1.807, 2.05) is 29.8 Å². The number of hydrogen-bond acceptors (Lipinski definition) is 2. The summed E-state index contributed by atoms with van der Waals surface area (Å²) in [4.78, 5) is 2.23. The van der Waals surface area contributed by atoms with Crippen LogP contribution in [0.15, 0.2) is 113 Å². The van der Waals surface area contributed by atoms with Crippen molar-refractivity contribution < 1.29 is 0 Å². The molecule has 5 heteroatoms. The second kappa shape index (κ2) is 7.59. The van der Waals surface area contributed by atoms with Crippen LogP contribution in [0.2, 0.25) is 10.0 Å². The zero-order valence-corrected chi connectivity index (χ0v) is 21.0. The molecular weight excluding hydrogens is 545 g/mol. The van der Waals surface area contributed by atoms with Crippen LogP contribution in [-0.4, -0.2) is 14.6 Å². The summed E-state index contributed by atoms with van der Waals surface area (Å²) in [6, 6.07) is 36.7. The van der Waals surface area contributed by atoms with Gasteiger partial charge in [-0.25, -0.2) is 0 Å². The Morgan fingerprint density at radius 3 is 1.07 bits per heavy atom. The Hall–Kier alpha value is -1.02. The van der Waals surface area contributed by atoms with Gasteiger partial charge in [-0.1, -0.05) is 0 Å². The Morgan fingerprint density at radius 1 is 0.448 bits per heavy atom. The van der Waals surface area contributed by atoms with E-state index in [4.69, 9.17) is 23.2 Å². The molecule has 0 aliphatic carbocycles. The van der Waals surface area contributed by atoms with E-state index in [1.165, 1.54) is 10.5 Å². The zero-order valence-electron chi connectivity index (χ0n) is 15.3. The summed E-state index contributed by atoms with van der Waals surface area (Å²) in [5, 5.41) is 1.56.